The van der Waals surface area contributed by atoms with E-state index in [1.54, 1.807) is 12.1 Å². The highest BCUT2D eigenvalue weighted by Crippen LogP contribution is 2.42. The molecule has 2 atom stereocenters. The summed E-state index contributed by atoms with van der Waals surface area (Å²) in [4.78, 5) is 10.4. The molecule has 1 aliphatic rings. The molecule has 1 aromatic carbocycles. The van der Waals surface area contributed by atoms with Crippen LogP contribution in [-0.4, -0.2) is 17.2 Å². The number of hydrogen-bond acceptors (Lipinski definition) is 1. The van der Waals surface area contributed by atoms with Crippen LogP contribution >= 0.6 is 15.9 Å². The number of benzene rings is 1. The van der Waals surface area contributed by atoms with Crippen molar-refractivity contribution in [2.24, 2.45) is 0 Å². The van der Waals surface area contributed by atoms with Crippen molar-refractivity contribution in [3.63, 3.8) is 0 Å². The highest BCUT2D eigenvalue weighted by Gasteiger charge is 2.41. The zero-order chi connectivity index (χ0) is 11.0. The first kappa shape index (κ1) is 10.4. The largest absolute Gasteiger partial charge is 0.465 e. The number of carbonyl (C=O) groups is 1. The normalized spacial score (nSPS) is 23.6. The fraction of sp³-hybridized carbons (Fsp3) is 0.300. The van der Waals surface area contributed by atoms with E-state index in [4.69, 9.17) is 5.11 Å². The minimum atomic E-state index is -1.06. The summed E-state index contributed by atoms with van der Waals surface area (Å²) in [6, 6.07) is 4.56. The molecule has 15 heavy (non-hydrogen) atoms. The van der Waals surface area contributed by atoms with E-state index in [0.29, 0.717) is 12.0 Å². The van der Waals surface area contributed by atoms with Gasteiger partial charge >= 0.3 is 6.09 Å². The summed E-state index contributed by atoms with van der Waals surface area (Å²) >= 11 is 3.26. The van der Waals surface area contributed by atoms with Crippen LogP contribution in [0.2, 0.25) is 0 Å². The number of rotatable bonds is 2. The van der Waals surface area contributed by atoms with Crippen LogP contribution in [0, 0.1) is 5.82 Å². The molecule has 1 amide bonds. The monoisotopic (exact) mass is 273 g/mol. The van der Waals surface area contributed by atoms with E-state index in [-0.39, 0.29) is 17.8 Å². The smallest absolute Gasteiger partial charge is 0.404 e. The number of hydrogen-bond donors (Lipinski definition) is 2. The van der Waals surface area contributed by atoms with Gasteiger partial charge in [-0.15, -0.1) is 0 Å². The Balaban J connectivity index is 2.12. The molecule has 1 aromatic rings. The van der Waals surface area contributed by atoms with E-state index in [1.807, 2.05) is 0 Å². The van der Waals surface area contributed by atoms with Crippen LogP contribution in [0.4, 0.5) is 9.18 Å². The lowest BCUT2D eigenvalue weighted by molar-refractivity contribution is 0.193. The van der Waals surface area contributed by atoms with Crippen LogP contribution in [0.3, 0.4) is 0 Å². The fourth-order valence-electron chi connectivity index (χ4n) is 1.66. The molecule has 1 saturated carbocycles. The molecule has 0 aliphatic heterocycles. The molecule has 2 N–H and O–H groups in total. The van der Waals surface area contributed by atoms with Crippen molar-refractivity contribution in [2.75, 3.05) is 0 Å². The van der Waals surface area contributed by atoms with Gasteiger partial charge in [-0.05, 0) is 30.2 Å². The maximum absolute atomic E-state index is 13.4. The van der Waals surface area contributed by atoms with Crippen molar-refractivity contribution in [1.29, 1.82) is 0 Å². The van der Waals surface area contributed by atoms with Crippen LogP contribution < -0.4 is 5.32 Å². The van der Waals surface area contributed by atoms with Crippen molar-refractivity contribution in [2.45, 2.75) is 18.4 Å². The second kappa shape index (κ2) is 3.81. The molecule has 1 aliphatic carbocycles. The molecule has 2 rings (SSSR count). The van der Waals surface area contributed by atoms with Crippen LogP contribution in [-0.2, 0) is 0 Å². The van der Waals surface area contributed by atoms with E-state index in [2.05, 4.69) is 21.2 Å². The lowest BCUT2D eigenvalue weighted by atomic mass is 10.1. The molecule has 80 valence electrons. The maximum Gasteiger partial charge on any atom is 0.404 e. The molecule has 0 aromatic heterocycles. The first-order chi connectivity index (χ1) is 7.08. The van der Waals surface area contributed by atoms with Crippen molar-refractivity contribution in [3.8, 4) is 0 Å². The molecule has 2 unspecified atom stereocenters. The highest BCUT2D eigenvalue weighted by atomic mass is 79.9. The molecular formula is C10H9BrFNO2. The van der Waals surface area contributed by atoms with Crippen molar-refractivity contribution >= 4 is 22.0 Å². The maximum atomic E-state index is 13.4. The third kappa shape index (κ3) is 2.28. The summed E-state index contributed by atoms with van der Waals surface area (Å²) in [5.74, 6) is -0.309. The Morgan fingerprint density at radius 3 is 3.00 bits per heavy atom. The Morgan fingerprint density at radius 1 is 1.60 bits per heavy atom. The summed E-state index contributed by atoms with van der Waals surface area (Å²) in [5, 5.41) is 10.8. The van der Waals surface area contributed by atoms with Crippen molar-refractivity contribution < 1.29 is 14.3 Å². The predicted octanol–water partition coefficient (Wildman–Crippen LogP) is 2.71. The van der Waals surface area contributed by atoms with Gasteiger partial charge in [0.1, 0.15) is 5.82 Å². The lowest BCUT2D eigenvalue weighted by Gasteiger charge is -2.03. The van der Waals surface area contributed by atoms with Crippen molar-refractivity contribution in [1.82, 2.24) is 5.32 Å². The molecule has 0 radical (unpaired) electrons. The van der Waals surface area contributed by atoms with Crippen LogP contribution in [0.5, 0.6) is 0 Å². The minimum absolute atomic E-state index is 0.0291. The average molecular weight is 274 g/mol. The highest BCUT2D eigenvalue weighted by molar-refractivity contribution is 9.10. The predicted molar refractivity (Wildman–Crippen MR) is 56.4 cm³/mol. The fourth-order valence-corrected chi connectivity index (χ4v) is 2.03. The second-order valence-electron chi connectivity index (χ2n) is 3.56. The Hall–Kier alpha value is -1.10. The molecule has 0 heterocycles. The SMILES string of the molecule is O=C(O)NC1CC1c1cc(Br)ccc1F. The van der Waals surface area contributed by atoms with E-state index in [1.165, 1.54) is 6.07 Å². The molecular weight excluding hydrogens is 265 g/mol. The van der Waals surface area contributed by atoms with Gasteiger partial charge in [0, 0.05) is 16.4 Å². The zero-order valence-corrected chi connectivity index (χ0v) is 9.29. The quantitative estimate of drug-likeness (QED) is 0.871. The third-order valence-electron chi connectivity index (χ3n) is 2.46. The summed E-state index contributed by atoms with van der Waals surface area (Å²) in [6.07, 6.45) is -0.391. The summed E-state index contributed by atoms with van der Waals surface area (Å²) < 4.78 is 14.2. The van der Waals surface area contributed by atoms with Gasteiger partial charge in [-0.2, -0.15) is 0 Å². The topological polar surface area (TPSA) is 49.3 Å². The standard InChI is InChI=1S/C10H9BrFNO2/c11-5-1-2-8(12)6(3-5)7-4-9(7)13-10(14)15/h1-3,7,9,13H,4H2,(H,14,15). The van der Waals surface area contributed by atoms with Gasteiger partial charge in [0.15, 0.2) is 0 Å². The summed E-state index contributed by atoms with van der Waals surface area (Å²) in [7, 11) is 0. The van der Waals surface area contributed by atoms with Crippen LogP contribution in [0.25, 0.3) is 0 Å². The first-order valence-electron chi connectivity index (χ1n) is 4.52. The first-order valence-corrected chi connectivity index (χ1v) is 5.31. The number of nitrogens with one attached hydrogen (secondary N) is 1. The molecule has 3 nitrogen and oxygen atoms in total. The van der Waals surface area contributed by atoms with E-state index < -0.39 is 6.09 Å². The lowest BCUT2D eigenvalue weighted by Crippen LogP contribution is -2.24. The van der Waals surface area contributed by atoms with Gasteiger partial charge in [0.2, 0.25) is 0 Å². The van der Waals surface area contributed by atoms with Gasteiger partial charge in [-0.25, -0.2) is 9.18 Å². The van der Waals surface area contributed by atoms with E-state index in [9.17, 15) is 9.18 Å². The average Bonchev–Trinajstić information content (AvgIpc) is 2.87. The van der Waals surface area contributed by atoms with Gasteiger partial charge in [-0.1, -0.05) is 15.9 Å². The van der Waals surface area contributed by atoms with Gasteiger partial charge in [-0.3, -0.25) is 0 Å². The summed E-state index contributed by atoms with van der Waals surface area (Å²) in [6.45, 7) is 0. The third-order valence-corrected chi connectivity index (χ3v) is 2.95. The van der Waals surface area contributed by atoms with E-state index in [0.717, 1.165) is 4.47 Å². The Labute approximate surface area is 94.4 Å². The molecule has 0 spiro atoms. The Kier molecular flexibility index (Phi) is 2.65. The Bertz CT molecular complexity index is 410. The number of carboxylic acid groups (broad SMARTS) is 1. The number of amides is 1. The van der Waals surface area contributed by atoms with Gasteiger partial charge in [0.05, 0.1) is 0 Å². The molecule has 1 fully saturated rings. The van der Waals surface area contributed by atoms with Crippen LogP contribution in [0.15, 0.2) is 22.7 Å². The minimum Gasteiger partial charge on any atom is -0.465 e. The second-order valence-corrected chi connectivity index (χ2v) is 4.48. The van der Waals surface area contributed by atoms with E-state index >= 15 is 0 Å². The molecule has 5 heteroatoms. The van der Waals surface area contributed by atoms with Crippen LogP contribution in [0.1, 0.15) is 17.9 Å². The van der Waals surface area contributed by atoms with Gasteiger partial charge < -0.3 is 10.4 Å². The van der Waals surface area contributed by atoms with Crippen molar-refractivity contribution in [3.05, 3.63) is 34.1 Å². The molecule has 0 bridgehead atoms. The summed E-state index contributed by atoms with van der Waals surface area (Å²) in [5.41, 5.74) is 0.572. The zero-order valence-electron chi connectivity index (χ0n) is 7.71. The number of halogens is 2. The van der Waals surface area contributed by atoms with Gasteiger partial charge in [0.25, 0.3) is 0 Å². The Morgan fingerprint density at radius 2 is 2.33 bits per heavy atom. The molecule has 0 saturated heterocycles.